The lowest BCUT2D eigenvalue weighted by Gasteiger charge is -2.32. The summed E-state index contributed by atoms with van der Waals surface area (Å²) in [7, 11) is 4.00. The molecule has 3 rings (SSSR count). The molecule has 7 nitrogen and oxygen atoms in total. The summed E-state index contributed by atoms with van der Waals surface area (Å²) in [4.78, 5) is 23.0. The molecule has 2 fully saturated rings. The zero-order chi connectivity index (χ0) is 20.5. The number of unbranched alkanes of at least 4 members (excludes halogenated alkanes) is 1. The molecule has 2 saturated heterocycles. The van der Waals surface area contributed by atoms with E-state index >= 15 is 0 Å². The summed E-state index contributed by atoms with van der Waals surface area (Å²) in [6.07, 6.45) is 3.98. The highest BCUT2D eigenvalue weighted by molar-refractivity contribution is 5.95. The summed E-state index contributed by atoms with van der Waals surface area (Å²) < 4.78 is 0. The number of amides is 1. The van der Waals surface area contributed by atoms with Crippen molar-refractivity contribution in [2.75, 3.05) is 64.8 Å². The van der Waals surface area contributed by atoms with Crippen LogP contribution in [-0.4, -0.2) is 81.6 Å². The number of hydrogen-bond acceptors (Lipinski definition) is 4. The van der Waals surface area contributed by atoms with Crippen LogP contribution in [0, 0.1) is 0 Å². The molecule has 0 aromatic heterocycles. The van der Waals surface area contributed by atoms with Crippen molar-refractivity contribution in [3.8, 4) is 0 Å². The fourth-order valence-electron chi connectivity index (χ4n) is 3.86. The molecule has 29 heavy (non-hydrogen) atoms. The van der Waals surface area contributed by atoms with E-state index in [1.165, 1.54) is 44.7 Å². The molecule has 1 amide bonds. The molecule has 160 valence electrons. The maximum absolute atomic E-state index is 11.8. The van der Waals surface area contributed by atoms with E-state index in [0.29, 0.717) is 6.42 Å². The third-order valence-electron chi connectivity index (χ3n) is 5.79. The van der Waals surface area contributed by atoms with E-state index in [1.54, 1.807) is 0 Å². The first-order valence-corrected chi connectivity index (χ1v) is 10.9. The molecular weight excluding hydrogens is 364 g/mol. The van der Waals surface area contributed by atoms with Crippen LogP contribution in [-0.2, 0) is 11.3 Å². The maximum Gasteiger partial charge on any atom is 0.227 e. The quantitative estimate of drug-likeness (QED) is 0.393. The minimum absolute atomic E-state index is 0.230. The first kappa shape index (κ1) is 21.6. The molecule has 2 aliphatic rings. The van der Waals surface area contributed by atoms with Crippen LogP contribution in [0.15, 0.2) is 29.3 Å². The third-order valence-corrected chi connectivity index (χ3v) is 5.79. The molecule has 1 aromatic carbocycles. The van der Waals surface area contributed by atoms with E-state index in [2.05, 4.69) is 44.6 Å². The number of guanidine groups is 1. The zero-order valence-electron chi connectivity index (χ0n) is 18.0. The predicted octanol–water partition coefficient (Wildman–Crippen LogP) is 1.51. The number of piperazine rings is 1. The molecule has 2 heterocycles. The van der Waals surface area contributed by atoms with Crippen LogP contribution in [0.4, 0.5) is 5.69 Å². The summed E-state index contributed by atoms with van der Waals surface area (Å²) in [6, 6.07) is 8.23. The second-order valence-electron chi connectivity index (χ2n) is 8.02. The Morgan fingerprint density at radius 2 is 1.79 bits per heavy atom. The van der Waals surface area contributed by atoms with Gasteiger partial charge in [-0.1, -0.05) is 12.1 Å². The molecular formula is C22H36N6O. The molecule has 2 aliphatic heterocycles. The van der Waals surface area contributed by atoms with Crippen LogP contribution in [0.5, 0.6) is 0 Å². The van der Waals surface area contributed by atoms with Crippen molar-refractivity contribution in [3.63, 3.8) is 0 Å². The molecule has 0 saturated carbocycles. The normalized spacial score (nSPS) is 19.0. The molecule has 0 radical (unpaired) electrons. The number of benzene rings is 1. The van der Waals surface area contributed by atoms with Crippen molar-refractivity contribution in [3.05, 3.63) is 29.8 Å². The predicted molar refractivity (Wildman–Crippen MR) is 119 cm³/mol. The van der Waals surface area contributed by atoms with Crippen LogP contribution >= 0.6 is 0 Å². The van der Waals surface area contributed by atoms with E-state index in [1.807, 2.05) is 24.1 Å². The van der Waals surface area contributed by atoms with Crippen molar-refractivity contribution in [1.82, 2.24) is 20.4 Å². The van der Waals surface area contributed by atoms with Gasteiger partial charge in [0.2, 0.25) is 5.91 Å². The van der Waals surface area contributed by atoms with Crippen molar-refractivity contribution < 1.29 is 4.79 Å². The van der Waals surface area contributed by atoms with Crippen molar-refractivity contribution in [2.24, 2.45) is 4.99 Å². The Labute approximate surface area is 175 Å². The molecule has 0 aliphatic carbocycles. The first-order valence-electron chi connectivity index (χ1n) is 10.9. The molecule has 0 spiro atoms. The zero-order valence-corrected chi connectivity index (χ0v) is 18.0. The minimum Gasteiger partial charge on any atom is -0.356 e. The SMILES string of the molecule is CN=C(NCCCCN1CCN(C)CC1)NCc1ccc(N2CCCC2=O)cc1. The molecule has 7 heteroatoms. The van der Waals surface area contributed by atoms with Crippen LogP contribution < -0.4 is 15.5 Å². The first-order chi connectivity index (χ1) is 14.2. The Hall–Kier alpha value is -2.12. The molecule has 1 aromatic rings. The van der Waals surface area contributed by atoms with Gasteiger partial charge in [0.25, 0.3) is 0 Å². The van der Waals surface area contributed by atoms with E-state index in [4.69, 9.17) is 0 Å². The van der Waals surface area contributed by atoms with Gasteiger partial charge in [0.05, 0.1) is 0 Å². The Morgan fingerprint density at radius 3 is 2.45 bits per heavy atom. The van der Waals surface area contributed by atoms with Gasteiger partial charge in [-0.3, -0.25) is 9.79 Å². The van der Waals surface area contributed by atoms with Gasteiger partial charge in [0, 0.05) is 65.0 Å². The Kier molecular flexibility index (Phi) is 8.31. The number of anilines is 1. The summed E-state index contributed by atoms with van der Waals surface area (Å²) >= 11 is 0. The highest BCUT2D eigenvalue weighted by atomic mass is 16.2. The summed E-state index contributed by atoms with van der Waals surface area (Å²) in [6.45, 7) is 8.43. The monoisotopic (exact) mass is 400 g/mol. The number of aliphatic imine (C=N–C) groups is 1. The number of nitrogens with zero attached hydrogens (tertiary/aromatic N) is 4. The molecule has 0 bridgehead atoms. The lowest BCUT2D eigenvalue weighted by atomic mass is 10.2. The largest absolute Gasteiger partial charge is 0.356 e. The van der Waals surface area contributed by atoms with Gasteiger partial charge in [0.1, 0.15) is 0 Å². The van der Waals surface area contributed by atoms with Crippen molar-refractivity contribution >= 4 is 17.6 Å². The van der Waals surface area contributed by atoms with Crippen molar-refractivity contribution in [1.29, 1.82) is 0 Å². The number of nitrogens with one attached hydrogen (secondary N) is 2. The topological polar surface area (TPSA) is 63.2 Å². The van der Waals surface area contributed by atoms with E-state index in [0.717, 1.165) is 44.1 Å². The molecule has 0 unspecified atom stereocenters. The van der Waals surface area contributed by atoms with Crippen LogP contribution in [0.25, 0.3) is 0 Å². The van der Waals surface area contributed by atoms with Gasteiger partial charge in [-0.25, -0.2) is 0 Å². The Balaban J connectivity index is 1.31. The lowest BCUT2D eigenvalue weighted by Crippen LogP contribution is -2.44. The van der Waals surface area contributed by atoms with E-state index < -0.39 is 0 Å². The van der Waals surface area contributed by atoms with Gasteiger partial charge >= 0.3 is 0 Å². The van der Waals surface area contributed by atoms with Crippen LogP contribution in [0.2, 0.25) is 0 Å². The minimum atomic E-state index is 0.230. The van der Waals surface area contributed by atoms with Crippen LogP contribution in [0.3, 0.4) is 0 Å². The number of hydrogen-bond donors (Lipinski definition) is 2. The Bertz CT molecular complexity index is 666. The maximum atomic E-state index is 11.8. The summed E-state index contributed by atoms with van der Waals surface area (Å²) in [5.41, 5.74) is 2.18. The highest BCUT2D eigenvalue weighted by Gasteiger charge is 2.21. The van der Waals surface area contributed by atoms with Gasteiger partial charge in [-0.15, -0.1) is 0 Å². The summed E-state index contributed by atoms with van der Waals surface area (Å²) in [5.74, 6) is 1.07. The second-order valence-corrected chi connectivity index (χ2v) is 8.02. The van der Waals surface area contributed by atoms with Crippen LogP contribution in [0.1, 0.15) is 31.2 Å². The van der Waals surface area contributed by atoms with Gasteiger partial charge in [-0.2, -0.15) is 0 Å². The van der Waals surface area contributed by atoms with Gasteiger partial charge < -0.3 is 25.3 Å². The average Bonchev–Trinajstić information content (AvgIpc) is 3.17. The van der Waals surface area contributed by atoms with Gasteiger partial charge in [-0.05, 0) is 50.6 Å². The average molecular weight is 401 g/mol. The highest BCUT2D eigenvalue weighted by Crippen LogP contribution is 2.21. The smallest absolute Gasteiger partial charge is 0.227 e. The number of likely N-dealkylation sites (N-methyl/N-ethyl adjacent to an activating group) is 1. The fraction of sp³-hybridized carbons (Fsp3) is 0.636. The number of carbonyl (C=O) groups is 1. The second kappa shape index (κ2) is 11.2. The van der Waals surface area contributed by atoms with E-state index in [9.17, 15) is 4.79 Å². The molecule has 0 atom stereocenters. The lowest BCUT2D eigenvalue weighted by molar-refractivity contribution is -0.117. The third kappa shape index (κ3) is 6.72. The fourth-order valence-corrected chi connectivity index (χ4v) is 3.86. The van der Waals surface area contributed by atoms with Gasteiger partial charge in [0.15, 0.2) is 5.96 Å². The number of rotatable bonds is 8. The van der Waals surface area contributed by atoms with Crippen molar-refractivity contribution in [2.45, 2.75) is 32.2 Å². The molecule has 2 N–H and O–H groups in total. The standard InChI is InChI=1S/C22H36N6O/c1-23-22(24-11-3-4-12-27-16-14-26(2)15-17-27)25-18-19-7-9-20(10-8-19)28-13-5-6-21(28)29/h7-10H,3-6,11-18H2,1-2H3,(H2,23,24,25). The summed E-state index contributed by atoms with van der Waals surface area (Å²) in [5, 5.41) is 6.78. The number of carbonyl (C=O) groups excluding carboxylic acids is 1. The Morgan fingerprint density at radius 1 is 1.03 bits per heavy atom. The van der Waals surface area contributed by atoms with E-state index in [-0.39, 0.29) is 5.91 Å².